The Morgan fingerprint density at radius 2 is 1.76 bits per heavy atom. The molecule has 0 aliphatic heterocycles. The van der Waals surface area contributed by atoms with Gasteiger partial charge in [0, 0.05) is 44.0 Å². The predicted molar refractivity (Wildman–Crippen MR) is 138 cm³/mol. The molecule has 3 amide bonds. The number of anilines is 3. The molecule has 196 valence electrons. The molecule has 0 saturated heterocycles. The zero-order chi connectivity index (χ0) is 25.9. The number of imidazole rings is 1. The van der Waals surface area contributed by atoms with Crippen molar-refractivity contribution in [2.24, 2.45) is 0 Å². The molecule has 0 aromatic carbocycles. The molecule has 0 unspecified atom stereocenters. The second-order valence-corrected chi connectivity index (χ2v) is 9.71. The summed E-state index contributed by atoms with van der Waals surface area (Å²) in [5, 5.41) is 17.3. The topological polar surface area (TPSA) is 129 Å². The summed E-state index contributed by atoms with van der Waals surface area (Å²) >= 11 is 0. The number of urea groups is 1. The molecule has 3 aromatic heterocycles. The van der Waals surface area contributed by atoms with Gasteiger partial charge in [0.1, 0.15) is 5.82 Å². The maximum absolute atomic E-state index is 14.0. The molecule has 12 heteroatoms. The molecule has 3 heterocycles. The molecule has 2 saturated carbocycles. The Hall–Kier alpha value is -3.96. The molecular weight excluding hydrogens is 477 g/mol. The molecule has 0 radical (unpaired) electrons. The molecule has 2 aliphatic carbocycles. The van der Waals surface area contributed by atoms with Gasteiger partial charge < -0.3 is 26.2 Å². The van der Waals surface area contributed by atoms with Gasteiger partial charge in [-0.1, -0.05) is 0 Å². The summed E-state index contributed by atoms with van der Waals surface area (Å²) in [4.78, 5) is 35.0. The first kappa shape index (κ1) is 24.7. The molecule has 5 rings (SSSR count). The normalized spacial score (nSPS) is 19.3. The van der Waals surface area contributed by atoms with Gasteiger partial charge in [-0.2, -0.15) is 0 Å². The Bertz CT molecular complexity index is 1280. The number of nitrogens with zero attached hydrogens (tertiary/aromatic N) is 5. The van der Waals surface area contributed by atoms with Crippen molar-refractivity contribution in [3.63, 3.8) is 0 Å². The van der Waals surface area contributed by atoms with E-state index in [2.05, 4.69) is 36.3 Å². The lowest BCUT2D eigenvalue weighted by atomic mass is 9.91. The molecule has 37 heavy (non-hydrogen) atoms. The van der Waals surface area contributed by atoms with E-state index < -0.39 is 11.7 Å². The van der Waals surface area contributed by atoms with Crippen LogP contribution in [0.2, 0.25) is 0 Å². The lowest BCUT2D eigenvalue weighted by Gasteiger charge is -2.31. The molecular formula is C25H32FN9O2. The van der Waals surface area contributed by atoms with Gasteiger partial charge in [0.15, 0.2) is 17.2 Å². The fraction of sp³-hybridized carbons (Fsp3) is 0.480. The predicted octanol–water partition coefficient (Wildman–Crippen LogP) is 3.47. The third-order valence-electron chi connectivity index (χ3n) is 6.89. The minimum atomic E-state index is -0.621. The van der Waals surface area contributed by atoms with Gasteiger partial charge in [0.2, 0.25) is 0 Å². The third kappa shape index (κ3) is 5.73. The van der Waals surface area contributed by atoms with E-state index in [0.29, 0.717) is 24.1 Å². The number of hydrogen-bond acceptors (Lipinski definition) is 7. The Morgan fingerprint density at radius 3 is 2.46 bits per heavy atom. The van der Waals surface area contributed by atoms with Gasteiger partial charge in [-0.05, 0) is 51.5 Å². The number of rotatable bonds is 8. The standard InChI is InChI=1S/C25H32FN9O2/c1-3-34(2)25(37)31-17-8-6-16(7-9-17)30-22-12-20(29-15-4-5-15)23-28-14-21(35(23)33-22)24(36)32-19-10-11-27-13-18(19)26/h10-17,29H,3-9H2,1-2H3,(H,30,33)(H,31,37)(H,27,32,36)/t16-,17-. The summed E-state index contributed by atoms with van der Waals surface area (Å²) < 4.78 is 15.5. The summed E-state index contributed by atoms with van der Waals surface area (Å²) in [7, 11) is 1.79. The summed E-state index contributed by atoms with van der Waals surface area (Å²) in [6.07, 6.45) is 9.55. The van der Waals surface area contributed by atoms with E-state index in [4.69, 9.17) is 0 Å². The SMILES string of the molecule is CCN(C)C(=O)N[C@H]1CC[C@H](Nc2cc(NC3CC3)c3ncc(C(=O)Nc4ccncc4F)n3n2)CC1. The quantitative estimate of drug-likeness (QED) is 0.366. The van der Waals surface area contributed by atoms with E-state index >= 15 is 0 Å². The van der Waals surface area contributed by atoms with Gasteiger partial charge in [0.05, 0.1) is 23.8 Å². The molecule has 0 atom stereocenters. The van der Waals surface area contributed by atoms with Crippen LogP contribution < -0.4 is 21.3 Å². The Balaban J connectivity index is 1.32. The van der Waals surface area contributed by atoms with E-state index in [0.717, 1.165) is 50.4 Å². The Labute approximate surface area is 214 Å². The van der Waals surface area contributed by atoms with Crippen molar-refractivity contribution in [3.8, 4) is 0 Å². The van der Waals surface area contributed by atoms with Crippen molar-refractivity contribution in [1.29, 1.82) is 0 Å². The van der Waals surface area contributed by atoms with Gasteiger partial charge in [0.25, 0.3) is 5.91 Å². The van der Waals surface area contributed by atoms with Crippen LogP contribution in [0.15, 0.2) is 30.7 Å². The van der Waals surface area contributed by atoms with Crippen LogP contribution in [-0.2, 0) is 0 Å². The first-order valence-corrected chi connectivity index (χ1v) is 12.8. The average Bonchev–Trinajstić information content (AvgIpc) is 3.61. The summed E-state index contributed by atoms with van der Waals surface area (Å²) in [5.41, 5.74) is 1.55. The van der Waals surface area contributed by atoms with Gasteiger partial charge in [-0.3, -0.25) is 9.78 Å². The number of carbonyl (C=O) groups is 2. The van der Waals surface area contributed by atoms with E-state index in [9.17, 15) is 14.0 Å². The monoisotopic (exact) mass is 509 g/mol. The van der Waals surface area contributed by atoms with Crippen LogP contribution in [0.5, 0.6) is 0 Å². The van der Waals surface area contributed by atoms with Crippen molar-refractivity contribution in [2.75, 3.05) is 29.5 Å². The lowest BCUT2D eigenvalue weighted by molar-refractivity contribution is 0.102. The van der Waals surface area contributed by atoms with Crippen LogP contribution in [0.3, 0.4) is 0 Å². The highest BCUT2D eigenvalue weighted by Crippen LogP contribution is 2.30. The number of amides is 3. The van der Waals surface area contributed by atoms with E-state index in [-0.39, 0.29) is 29.5 Å². The van der Waals surface area contributed by atoms with E-state index in [1.165, 1.54) is 23.0 Å². The van der Waals surface area contributed by atoms with Crippen molar-refractivity contribution in [3.05, 3.63) is 42.2 Å². The van der Waals surface area contributed by atoms with Crippen LogP contribution in [0.1, 0.15) is 55.9 Å². The maximum Gasteiger partial charge on any atom is 0.317 e. The number of halogens is 1. The molecule has 2 aliphatic rings. The largest absolute Gasteiger partial charge is 0.379 e. The minimum Gasteiger partial charge on any atom is -0.379 e. The number of carbonyl (C=O) groups excluding carboxylic acids is 2. The van der Waals surface area contributed by atoms with Gasteiger partial charge >= 0.3 is 6.03 Å². The summed E-state index contributed by atoms with van der Waals surface area (Å²) in [5.74, 6) is -0.520. The molecule has 0 spiro atoms. The van der Waals surface area contributed by atoms with Crippen LogP contribution in [-0.4, -0.2) is 68.1 Å². The van der Waals surface area contributed by atoms with Gasteiger partial charge in [-0.15, -0.1) is 5.10 Å². The van der Waals surface area contributed by atoms with E-state index in [1.54, 1.807) is 11.9 Å². The first-order chi connectivity index (χ1) is 17.9. The Morgan fingerprint density at radius 1 is 1.05 bits per heavy atom. The molecule has 3 aromatic rings. The number of hydrogen-bond donors (Lipinski definition) is 4. The van der Waals surface area contributed by atoms with Gasteiger partial charge in [-0.25, -0.2) is 18.7 Å². The lowest BCUT2D eigenvalue weighted by Crippen LogP contribution is -2.45. The highest BCUT2D eigenvalue weighted by atomic mass is 19.1. The van der Waals surface area contributed by atoms with Crippen molar-refractivity contribution >= 4 is 34.8 Å². The molecule has 4 N–H and O–H groups in total. The summed E-state index contributed by atoms with van der Waals surface area (Å²) in [6.45, 7) is 2.61. The number of pyridine rings is 1. The average molecular weight is 510 g/mol. The highest BCUT2D eigenvalue weighted by Gasteiger charge is 2.26. The van der Waals surface area contributed by atoms with E-state index in [1.807, 2.05) is 13.0 Å². The fourth-order valence-electron chi connectivity index (χ4n) is 4.43. The van der Waals surface area contributed by atoms with Crippen LogP contribution in [0, 0.1) is 5.82 Å². The third-order valence-corrected chi connectivity index (χ3v) is 6.89. The van der Waals surface area contributed by atoms with Crippen molar-refractivity contribution in [1.82, 2.24) is 29.8 Å². The minimum absolute atomic E-state index is 0.0366. The molecule has 11 nitrogen and oxygen atoms in total. The number of nitrogens with one attached hydrogen (secondary N) is 4. The smallest absolute Gasteiger partial charge is 0.317 e. The van der Waals surface area contributed by atoms with Crippen LogP contribution in [0.25, 0.3) is 5.65 Å². The van der Waals surface area contributed by atoms with Crippen LogP contribution >= 0.6 is 0 Å². The second-order valence-electron chi connectivity index (χ2n) is 9.71. The highest BCUT2D eigenvalue weighted by molar-refractivity contribution is 6.03. The number of fused-ring (bicyclic) bond motifs is 1. The molecule has 2 fully saturated rings. The Kier molecular flexibility index (Phi) is 7.06. The maximum atomic E-state index is 14.0. The fourth-order valence-corrected chi connectivity index (χ4v) is 4.43. The first-order valence-electron chi connectivity index (χ1n) is 12.8. The zero-order valence-electron chi connectivity index (χ0n) is 21.0. The summed E-state index contributed by atoms with van der Waals surface area (Å²) in [6, 6.07) is 3.99. The van der Waals surface area contributed by atoms with Crippen molar-refractivity contribution in [2.45, 2.75) is 63.6 Å². The van der Waals surface area contributed by atoms with Crippen molar-refractivity contribution < 1.29 is 14.0 Å². The second kappa shape index (κ2) is 10.6. The molecule has 0 bridgehead atoms. The zero-order valence-corrected chi connectivity index (χ0v) is 21.0. The number of aromatic nitrogens is 4. The van der Waals surface area contributed by atoms with Crippen LogP contribution in [0.4, 0.5) is 26.4 Å².